The Kier molecular flexibility index (Phi) is 30.8. The zero-order chi connectivity index (χ0) is 52.8. The molecule has 404 valence electrons. The van der Waals surface area contributed by atoms with E-state index in [9.17, 15) is 24.3 Å². The van der Waals surface area contributed by atoms with E-state index in [1.807, 2.05) is 48.5 Å². The van der Waals surface area contributed by atoms with Crippen LogP contribution in [-0.2, 0) is 51.0 Å². The number of hydrogen-bond donors (Lipinski definition) is 4. The van der Waals surface area contributed by atoms with Gasteiger partial charge in [-0.15, -0.1) is 0 Å². The topological polar surface area (TPSA) is 171 Å². The van der Waals surface area contributed by atoms with E-state index in [2.05, 4.69) is 69.6 Å². The van der Waals surface area contributed by atoms with Crippen molar-refractivity contribution in [3.63, 3.8) is 0 Å². The minimum Gasteiger partial charge on any atom is -0.460 e. The van der Waals surface area contributed by atoms with Crippen molar-refractivity contribution in [1.82, 2.24) is 16.0 Å². The monoisotopic (exact) mass is 1010 g/mol. The van der Waals surface area contributed by atoms with Gasteiger partial charge in [-0.05, 0) is 69.3 Å². The van der Waals surface area contributed by atoms with Crippen LogP contribution in [0, 0.1) is 17.8 Å². The third kappa shape index (κ3) is 25.1. The van der Waals surface area contributed by atoms with E-state index in [1.54, 1.807) is 34.6 Å². The number of nitrogens with one attached hydrogen (secondary N) is 3. The number of benzene rings is 2. The van der Waals surface area contributed by atoms with E-state index in [0.717, 1.165) is 54.9 Å². The van der Waals surface area contributed by atoms with Crippen LogP contribution < -0.4 is 16.0 Å². The van der Waals surface area contributed by atoms with E-state index < -0.39 is 74.0 Å². The van der Waals surface area contributed by atoms with Crippen LogP contribution in [-0.4, -0.2) is 92.6 Å². The Morgan fingerprint density at radius 1 is 0.634 bits per heavy atom. The third-order valence-corrected chi connectivity index (χ3v) is 18.2. The molecule has 0 radical (unpaired) electrons. The van der Waals surface area contributed by atoms with Gasteiger partial charge in [0.2, 0.25) is 11.8 Å². The maximum atomic E-state index is 14.8. The number of rotatable bonds is 37. The summed E-state index contributed by atoms with van der Waals surface area (Å²) in [7, 11) is -2.04. The Balaban J connectivity index is 2.48. The zero-order valence-corrected chi connectivity index (χ0v) is 47.0. The molecule has 4 N–H and O–H groups in total. The van der Waals surface area contributed by atoms with Crippen molar-refractivity contribution >= 4 is 32.2 Å². The summed E-state index contributed by atoms with van der Waals surface area (Å²) in [4.78, 5) is 55.5. The first kappa shape index (κ1) is 63.3. The molecule has 13 nitrogen and oxygen atoms in total. The molecule has 8 atom stereocenters. The van der Waals surface area contributed by atoms with Gasteiger partial charge >= 0.3 is 12.1 Å². The van der Waals surface area contributed by atoms with E-state index >= 15 is 0 Å². The maximum absolute atomic E-state index is 14.8. The Morgan fingerprint density at radius 3 is 1.63 bits per heavy atom. The van der Waals surface area contributed by atoms with Crippen LogP contribution in [0.2, 0.25) is 18.1 Å². The number of aliphatic hydroxyl groups is 1. The minimum absolute atomic E-state index is 0.152. The molecule has 14 heteroatoms. The molecule has 0 bridgehead atoms. The summed E-state index contributed by atoms with van der Waals surface area (Å²) in [5, 5.41) is 18.9. The highest BCUT2D eigenvalue weighted by Gasteiger charge is 2.39. The summed E-state index contributed by atoms with van der Waals surface area (Å²) in [6, 6.07) is 18.5. The fraction of sp³-hybridized carbons (Fsp3) is 0.719. The first-order valence-corrected chi connectivity index (χ1v) is 29.7. The predicted molar refractivity (Wildman–Crippen MR) is 287 cm³/mol. The van der Waals surface area contributed by atoms with Crippen molar-refractivity contribution in [2.45, 2.75) is 234 Å². The predicted octanol–water partition coefficient (Wildman–Crippen LogP) is 11.6. The lowest BCUT2D eigenvalue weighted by atomic mass is 9.87. The van der Waals surface area contributed by atoms with Gasteiger partial charge in [0.05, 0.1) is 32.0 Å². The summed E-state index contributed by atoms with van der Waals surface area (Å²) in [6.07, 6.45) is 11.1. The fourth-order valence-corrected chi connectivity index (χ4v) is 11.6. The second-order valence-corrected chi connectivity index (χ2v) is 25.9. The highest BCUT2D eigenvalue weighted by Crippen LogP contribution is 2.30. The van der Waals surface area contributed by atoms with Gasteiger partial charge in [0.15, 0.2) is 14.4 Å². The first-order chi connectivity index (χ1) is 33.8. The molecule has 0 aromatic heterocycles. The number of amides is 3. The molecule has 0 saturated heterocycles. The number of carbonyl (C=O) groups excluding carboxylic acids is 4. The normalized spacial score (nSPS) is 15.4. The third-order valence-electron chi connectivity index (χ3n) is 13.6. The first-order valence-electron chi connectivity index (χ1n) is 27.2. The van der Waals surface area contributed by atoms with Crippen molar-refractivity contribution in [3.05, 3.63) is 71.8 Å². The molecule has 0 aliphatic heterocycles. The fourth-order valence-electron chi connectivity index (χ4n) is 8.83. The molecule has 0 heterocycles. The van der Waals surface area contributed by atoms with Crippen molar-refractivity contribution in [1.29, 1.82) is 0 Å². The van der Waals surface area contributed by atoms with Gasteiger partial charge in [-0.2, -0.15) is 0 Å². The standard InChI is InChI=1S/C57H97N3O10Si/c1-13-17-18-19-20-21-22-23-24-25-32-37-49(67-40-47-35-30-27-31-36-47)44(8)52(43(7)38-68-71(14-2,15-3)16-4)69-55(64)48(41-66-39-46-33-28-26-29-34-46)58-54(63)51(45(9)61)59-53(62)50(42(5)6)60-56(65)70-57(10,11)12/h26-31,33-36,42-45,48-52,61H,13-25,32,37-41H2,1-12H3,(H,58,63)(H,59,62)(H,60,65)/t43-,44-,45+,48-,49+,50-,51-,52-/m0/s1. The highest BCUT2D eigenvalue weighted by molar-refractivity contribution is 6.73. The average Bonchev–Trinajstić information content (AvgIpc) is 3.34. The Hall–Kier alpha value is -3.82. The number of esters is 1. The summed E-state index contributed by atoms with van der Waals surface area (Å²) in [5.74, 6) is -3.19. The van der Waals surface area contributed by atoms with Crippen molar-refractivity contribution < 1.29 is 47.7 Å². The molecular weight excluding hydrogens is 915 g/mol. The van der Waals surface area contributed by atoms with Crippen LogP contribution in [0.3, 0.4) is 0 Å². The maximum Gasteiger partial charge on any atom is 0.408 e. The highest BCUT2D eigenvalue weighted by atomic mass is 28.4. The number of aliphatic hydroxyl groups excluding tert-OH is 1. The van der Waals surface area contributed by atoms with Crippen LogP contribution in [0.15, 0.2) is 60.7 Å². The van der Waals surface area contributed by atoms with Crippen LogP contribution >= 0.6 is 0 Å². The number of alkyl carbamates (subject to hydrolysis) is 1. The zero-order valence-electron chi connectivity index (χ0n) is 46.0. The van der Waals surface area contributed by atoms with Gasteiger partial charge < -0.3 is 44.4 Å². The second-order valence-electron chi connectivity index (χ2n) is 21.1. The summed E-state index contributed by atoms with van der Waals surface area (Å²) >= 11 is 0. The molecule has 2 aromatic rings. The molecule has 0 unspecified atom stereocenters. The van der Waals surface area contributed by atoms with E-state index in [0.29, 0.717) is 13.2 Å². The van der Waals surface area contributed by atoms with Crippen LogP contribution in [0.4, 0.5) is 4.79 Å². The lowest BCUT2D eigenvalue weighted by molar-refractivity contribution is -0.166. The van der Waals surface area contributed by atoms with Gasteiger partial charge in [-0.3, -0.25) is 9.59 Å². The lowest BCUT2D eigenvalue weighted by Crippen LogP contribution is -2.60. The Bertz CT molecular complexity index is 1750. The molecule has 0 spiro atoms. The number of carbonyl (C=O) groups is 4. The molecule has 0 fully saturated rings. The molecular formula is C57H97N3O10Si. The second kappa shape index (κ2) is 34.6. The average molecular weight is 1010 g/mol. The smallest absolute Gasteiger partial charge is 0.408 e. The van der Waals surface area contributed by atoms with E-state index in [4.69, 9.17) is 23.4 Å². The van der Waals surface area contributed by atoms with Crippen molar-refractivity contribution in [3.8, 4) is 0 Å². The number of unbranched alkanes of at least 4 members (excludes halogenated alkanes) is 10. The van der Waals surface area contributed by atoms with Crippen LogP contribution in [0.5, 0.6) is 0 Å². The molecule has 0 aliphatic rings. The van der Waals surface area contributed by atoms with Gasteiger partial charge in [-0.1, -0.05) is 187 Å². The molecule has 3 amide bonds. The minimum atomic E-state index is -2.04. The SMILES string of the molecule is CCCCCCCCCCCCC[C@@H](OCc1ccccc1)[C@H](C)[C@@H](OC(=O)[C@H](COCc1ccccc1)NC(=O)[C@@H](NC(=O)[C@@H](NC(=O)OC(C)(C)C)C(C)C)[C@@H](C)O)[C@@H](C)CO[Si](CC)(CC)CC. The lowest BCUT2D eigenvalue weighted by Gasteiger charge is -2.37. The van der Waals surface area contributed by atoms with Gasteiger partial charge in [0.25, 0.3) is 0 Å². The number of ether oxygens (including phenoxy) is 4. The molecule has 71 heavy (non-hydrogen) atoms. The van der Waals surface area contributed by atoms with E-state index in [-0.39, 0.29) is 31.2 Å². The molecule has 0 aliphatic carbocycles. The Labute approximate surface area is 430 Å². The van der Waals surface area contributed by atoms with E-state index in [1.165, 1.54) is 58.3 Å². The van der Waals surface area contributed by atoms with Crippen molar-refractivity contribution in [2.24, 2.45) is 17.8 Å². The molecule has 2 aromatic carbocycles. The summed E-state index contributed by atoms with van der Waals surface area (Å²) in [5.41, 5.74) is 1.11. The van der Waals surface area contributed by atoms with Gasteiger partial charge in [-0.25, -0.2) is 9.59 Å². The Morgan fingerprint density at radius 2 is 1.14 bits per heavy atom. The largest absolute Gasteiger partial charge is 0.460 e. The van der Waals surface area contributed by atoms with Crippen LogP contribution in [0.1, 0.15) is 171 Å². The quantitative estimate of drug-likeness (QED) is 0.0290. The molecule has 2 rings (SSSR count). The van der Waals surface area contributed by atoms with Crippen molar-refractivity contribution in [2.75, 3.05) is 13.2 Å². The van der Waals surface area contributed by atoms with Gasteiger partial charge in [0.1, 0.15) is 23.8 Å². The molecule has 0 saturated carbocycles. The van der Waals surface area contributed by atoms with Gasteiger partial charge in [0, 0.05) is 18.4 Å². The number of hydrogen-bond acceptors (Lipinski definition) is 10. The summed E-state index contributed by atoms with van der Waals surface area (Å²) in [6.45, 7) is 23.6. The van der Waals surface area contributed by atoms with Crippen LogP contribution in [0.25, 0.3) is 0 Å². The summed E-state index contributed by atoms with van der Waals surface area (Å²) < 4.78 is 31.8.